The maximum atomic E-state index is 11.1. The number of fused-ring (bicyclic) bond motifs is 1. The molecule has 1 fully saturated rings. The van der Waals surface area contributed by atoms with Crippen LogP contribution in [-0.4, -0.2) is 35.2 Å². The number of ether oxygens (including phenoxy) is 1. The fraction of sp³-hybridized carbons (Fsp3) is 0.500. The van der Waals surface area contributed by atoms with Gasteiger partial charge in [-0.15, -0.1) is 0 Å². The van der Waals surface area contributed by atoms with E-state index < -0.39 is 17.6 Å². The van der Waals surface area contributed by atoms with Crippen molar-refractivity contribution in [3.05, 3.63) is 0 Å². The summed E-state index contributed by atoms with van der Waals surface area (Å²) < 4.78 is 5.05. The molecule has 0 aromatic heterocycles. The third-order valence-corrected chi connectivity index (χ3v) is 2.50. The van der Waals surface area contributed by atoms with E-state index in [2.05, 4.69) is 4.99 Å². The predicted molar refractivity (Wildman–Crippen MR) is 39.6 cm³/mol. The minimum Gasteiger partial charge on any atom is -0.356 e. The molecule has 2 aliphatic heterocycles. The Hall–Kier alpha value is -0.680. The molecule has 0 N–H and O–H groups in total. The quantitative estimate of drug-likeness (QED) is 0.466. The summed E-state index contributed by atoms with van der Waals surface area (Å²) in [6.45, 7) is -0.0869. The Kier molecular flexibility index (Phi) is 1.54. The van der Waals surface area contributed by atoms with Gasteiger partial charge in [0.1, 0.15) is 12.0 Å². The molecule has 2 heterocycles. The van der Waals surface area contributed by atoms with E-state index >= 15 is 0 Å². The molecule has 5 heteroatoms. The standard InChI is InChI=1S/C6H5NO3S/c8-3-1-10-6-4(5(3)9)7-2-11-6/h2,4,6H,1H2. The first-order valence-electron chi connectivity index (χ1n) is 3.15. The molecule has 2 aliphatic rings. The summed E-state index contributed by atoms with van der Waals surface area (Å²) in [6.07, 6.45) is 0. The van der Waals surface area contributed by atoms with Crippen molar-refractivity contribution in [2.24, 2.45) is 4.99 Å². The van der Waals surface area contributed by atoms with Crippen molar-refractivity contribution in [3.8, 4) is 0 Å². The van der Waals surface area contributed by atoms with Crippen molar-refractivity contribution < 1.29 is 14.3 Å². The summed E-state index contributed by atoms with van der Waals surface area (Å²) in [6, 6.07) is -0.568. The van der Waals surface area contributed by atoms with Crippen LogP contribution in [0.4, 0.5) is 0 Å². The van der Waals surface area contributed by atoms with E-state index in [-0.39, 0.29) is 12.0 Å². The highest BCUT2D eigenvalue weighted by Crippen LogP contribution is 2.26. The molecule has 2 rings (SSSR count). The molecule has 1 saturated heterocycles. The zero-order chi connectivity index (χ0) is 7.84. The van der Waals surface area contributed by atoms with Gasteiger partial charge in [-0.3, -0.25) is 14.6 Å². The molecule has 58 valence electrons. The smallest absolute Gasteiger partial charge is 0.228 e. The maximum Gasteiger partial charge on any atom is 0.228 e. The lowest BCUT2D eigenvalue weighted by atomic mass is 10.1. The normalized spacial score (nSPS) is 36.0. The highest BCUT2D eigenvalue weighted by molar-refractivity contribution is 8.12. The molecule has 0 saturated carbocycles. The monoisotopic (exact) mass is 171 g/mol. The molecule has 0 aliphatic carbocycles. The summed E-state index contributed by atoms with van der Waals surface area (Å²) >= 11 is 1.35. The first-order valence-corrected chi connectivity index (χ1v) is 4.09. The van der Waals surface area contributed by atoms with Crippen LogP contribution in [0.2, 0.25) is 0 Å². The Bertz CT molecular complexity index is 250. The topological polar surface area (TPSA) is 55.7 Å². The SMILES string of the molecule is O=C1COC2SC=NC2C1=O. The van der Waals surface area contributed by atoms with Crippen LogP contribution in [-0.2, 0) is 14.3 Å². The molecular formula is C6H5NO3S. The molecule has 0 radical (unpaired) electrons. The third kappa shape index (κ3) is 1.00. The van der Waals surface area contributed by atoms with Gasteiger partial charge in [-0.05, 0) is 0 Å². The Morgan fingerprint density at radius 2 is 2.45 bits per heavy atom. The highest BCUT2D eigenvalue weighted by Gasteiger charge is 2.40. The molecule has 0 spiro atoms. The van der Waals surface area contributed by atoms with Gasteiger partial charge >= 0.3 is 0 Å². The molecule has 2 unspecified atom stereocenters. The van der Waals surface area contributed by atoms with Crippen molar-refractivity contribution in [1.29, 1.82) is 0 Å². The van der Waals surface area contributed by atoms with Crippen LogP contribution in [0.25, 0.3) is 0 Å². The lowest BCUT2D eigenvalue weighted by Gasteiger charge is -2.20. The summed E-state index contributed by atoms with van der Waals surface area (Å²) in [5.41, 5.74) is 1.31. The molecule has 2 atom stereocenters. The second kappa shape index (κ2) is 2.42. The molecule has 0 amide bonds. The summed E-state index contributed by atoms with van der Waals surface area (Å²) in [7, 11) is 0. The number of carbonyl (C=O) groups excluding carboxylic acids is 2. The summed E-state index contributed by atoms with van der Waals surface area (Å²) in [5.74, 6) is -0.881. The highest BCUT2D eigenvalue weighted by atomic mass is 32.2. The van der Waals surface area contributed by atoms with E-state index in [0.29, 0.717) is 0 Å². The van der Waals surface area contributed by atoms with Gasteiger partial charge in [-0.25, -0.2) is 0 Å². The van der Waals surface area contributed by atoms with Crippen molar-refractivity contribution >= 4 is 28.9 Å². The number of Topliss-reactive ketones (excluding diaryl/α,β-unsaturated/α-hetero) is 2. The van der Waals surface area contributed by atoms with Crippen LogP contribution in [0.15, 0.2) is 4.99 Å². The number of thioether (sulfide) groups is 1. The van der Waals surface area contributed by atoms with Crippen LogP contribution >= 0.6 is 11.8 Å². The third-order valence-electron chi connectivity index (χ3n) is 1.60. The van der Waals surface area contributed by atoms with Crippen molar-refractivity contribution in [2.45, 2.75) is 11.5 Å². The molecule has 0 aromatic carbocycles. The Labute approximate surface area is 67.0 Å². The number of hydrogen-bond donors (Lipinski definition) is 0. The van der Waals surface area contributed by atoms with Gasteiger partial charge in [0, 0.05) is 0 Å². The van der Waals surface area contributed by atoms with E-state index in [9.17, 15) is 9.59 Å². The zero-order valence-electron chi connectivity index (χ0n) is 5.52. The van der Waals surface area contributed by atoms with Gasteiger partial charge in [0.15, 0.2) is 6.04 Å². The molecular weight excluding hydrogens is 166 g/mol. The summed E-state index contributed by atoms with van der Waals surface area (Å²) in [5, 5.41) is 0. The first kappa shape index (κ1) is 7.00. The number of rotatable bonds is 0. The average molecular weight is 171 g/mol. The van der Waals surface area contributed by atoms with Gasteiger partial charge in [-0.1, -0.05) is 11.8 Å². The van der Waals surface area contributed by atoms with E-state index in [1.165, 1.54) is 11.8 Å². The number of carbonyl (C=O) groups is 2. The Balaban J connectivity index is 2.23. The van der Waals surface area contributed by atoms with Crippen LogP contribution in [0.1, 0.15) is 0 Å². The minimum absolute atomic E-state index is 0.0869. The van der Waals surface area contributed by atoms with E-state index in [1.807, 2.05) is 0 Å². The number of hydrogen-bond acceptors (Lipinski definition) is 5. The maximum absolute atomic E-state index is 11.1. The second-order valence-electron chi connectivity index (χ2n) is 2.30. The van der Waals surface area contributed by atoms with Crippen LogP contribution < -0.4 is 0 Å². The van der Waals surface area contributed by atoms with Crippen LogP contribution in [0.3, 0.4) is 0 Å². The van der Waals surface area contributed by atoms with Crippen molar-refractivity contribution in [1.82, 2.24) is 0 Å². The zero-order valence-corrected chi connectivity index (χ0v) is 6.34. The lowest BCUT2D eigenvalue weighted by Crippen LogP contribution is -2.42. The van der Waals surface area contributed by atoms with Crippen LogP contribution in [0.5, 0.6) is 0 Å². The van der Waals surface area contributed by atoms with Crippen molar-refractivity contribution in [2.75, 3.05) is 6.61 Å². The van der Waals surface area contributed by atoms with E-state index in [0.717, 1.165) is 0 Å². The Morgan fingerprint density at radius 3 is 3.27 bits per heavy atom. The molecule has 11 heavy (non-hydrogen) atoms. The first-order chi connectivity index (χ1) is 5.29. The van der Waals surface area contributed by atoms with E-state index in [1.54, 1.807) is 5.55 Å². The fourth-order valence-corrected chi connectivity index (χ4v) is 1.83. The number of ketones is 2. The second-order valence-corrected chi connectivity index (χ2v) is 3.25. The largest absolute Gasteiger partial charge is 0.356 e. The van der Waals surface area contributed by atoms with Gasteiger partial charge in [0.05, 0.1) is 5.55 Å². The molecule has 0 bridgehead atoms. The van der Waals surface area contributed by atoms with Crippen molar-refractivity contribution in [3.63, 3.8) is 0 Å². The predicted octanol–water partition coefficient (Wildman–Crippen LogP) is -0.375. The van der Waals surface area contributed by atoms with Gasteiger partial charge in [-0.2, -0.15) is 0 Å². The van der Waals surface area contributed by atoms with Gasteiger partial charge < -0.3 is 4.74 Å². The fourth-order valence-electron chi connectivity index (χ4n) is 1.02. The average Bonchev–Trinajstić information content (AvgIpc) is 2.45. The summed E-state index contributed by atoms with van der Waals surface area (Å²) in [4.78, 5) is 25.7. The molecule has 4 nitrogen and oxygen atoms in total. The number of nitrogens with zero attached hydrogens (tertiary/aromatic N) is 1. The Morgan fingerprint density at radius 1 is 1.64 bits per heavy atom. The molecule has 0 aromatic rings. The number of aliphatic imine (C=N–C) groups is 1. The van der Waals surface area contributed by atoms with Gasteiger partial charge in [0.25, 0.3) is 0 Å². The minimum atomic E-state index is -0.568. The van der Waals surface area contributed by atoms with Gasteiger partial charge in [0.2, 0.25) is 11.6 Å². The lowest BCUT2D eigenvalue weighted by molar-refractivity contribution is -0.145. The van der Waals surface area contributed by atoms with Crippen LogP contribution in [0, 0.1) is 0 Å². The van der Waals surface area contributed by atoms with E-state index in [4.69, 9.17) is 4.74 Å².